The monoisotopic (exact) mass is 409 g/mol. The highest BCUT2D eigenvalue weighted by molar-refractivity contribution is 7.13. The first-order valence-electron chi connectivity index (χ1n) is 9.83. The first kappa shape index (κ1) is 19.7. The number of nitrogens with zero attached hydrogens (tertiary/aromatic N) is 3. The van der Waals surface area contributed by atoms with E-state index in [1.165, 1.54) is 37.5 Å². The van der Waals surface area contributed by atoms with E-state index in [2.05, 4.69) is 32.5 Å². The standard InChI is InChI=1S/C21H21N3OS.CH2O2/c25-19(10-17-13-24-8-5-14(17)6-9-24)21-18-4-3-15(11-20(18)26-23-21)16-2-1-7-22-12-16;2-1-3/h1-4,7,11-12,14,17H,5-6,8-10,13H2;1H,(H,2,3)/t17-;/m0./s1. The van der Waals surface area contributed by atoms with Crippen molar-refractivity contribution in [2.45, 2.75) is 19.3 Å². The van der Waals surface area contributed by atoms with Crippen LogP contribution in [0.4, 0.5) is 0 Å². The predicted molar refractivity (Wildman–Crippen MR) is 113 cm³/mol. The van der Waals surface area contributed by atoms with Crippen molar-refractivity contribution in [3.05, 3.63) is 48.4 Å². The second kappa shape index (κ2) is 8.80. The second-order valence-corrected chi connectivity index (χ2v) is 8.42. The molecule has 1 atom stereocenters. The van der Waals surface area contributed by atoms with Crippen LogP contribution >= 0.6 is 11.5 Å². The minimum atomic E-state index is -0.250. The molecule has 0 spiro atoms. The third-order valence-corrected chi connectivity index (χ3v) is 6.78. The zero-order chi connectivity index (χ0) is 20.2. The Bertz CT molecular complexity index is 997. The Balaban J connectivity index is 0.000000645. The van der Waals surface area contributed by atoms with Crippen molar-refractivity contribution in [1.29, 1.82) is 0 Å². The lowest BCUT2D eigenvalue weighted by Crippen LogP contribution is -2.47. The van der Waals surface area contributed by atoms with Crippen LogP contribution in [-0.4, -0.2) is 51.3 Å². The maximum atomic E-state index is 12.9. The van der Waals surface area contributed by atoms with E-state index in [0.717, 1.165) is 33.7 Å². The molecular weight excluding hydrogens is 386 g/mol. The number of hydrogen-bond donors (Lipinski definition) is 1. The van der Waals surface area contributed by atoms with E-state index >= 15 is 0 Å². The molecule has 150 valence electrons. The molecule has 5 heterocycles. The van der Waals surface area contributed by atoms with Crippen molar-refractivity contribution in [1.82, 2.24) is 14.3 Å². The maximum Gasteiger partial charge on any atom is 0.290 e. The molecule has 3 fully saturated rings. The number of benzene rings is 1. The quantitative estimate of drug-likeness (QED) is 0.518. The average molecular weight is 410 g/mol. The van der Waals surface area contributed by atoms with Gasteiger partial charge in [0.15, 0.2) is 5.78 Å². The summed E-state index contributed by atoms with van der Waals surface area (Å²) in [5.74, 6) is 1.45. The summed E-state index contributed by atoms with van der Waals surface area (Å²) >= 11 is 1.43. The van der Waals surface area contributed by atoms with Crippen molar-refractivity contribution in [2.24, 2.45) is 11.8 Å². The van der Waals surface area contributed by atoms with Gasteiger partial charge in [-0.25, -0.2) is 0 Å². The topological polar surface area (TPSA) is 83.4 Å². The number of ketones is 1. The summed E-state index contributed by atoms with van der Waals surface area (Å²) in [6, 6.07) is 10.2. The molecule has 7 heteroatoms. The zero-order valence-electron chi connectivity index (χ0n) is 16.0. The van der Waals surface area contributed by atoms with Gasteiger partial charge in [-0.3, -0.25) is 14.6 Å². The summed E-state index contributed by atoms with van der Waals surface area (Å²) in [6.45, 7) is 3.27. The smallest absolute Gasteiger partial charge is 0.290 e. The van der Waals surface area contributed by atoms with Gasteiger partial charge in [0.25, 0.3) is 6.47 Å². The van der Waals surface area contributed by atoms with Gasteiger partial charge in [-0.2, -0.15) is 4.37 Å². The summed E-state index contributed by atoms with van der Waals surface area (Å²) in [7, 11) is 0. The molecule has 3 aromatic rings. The van der Waals surface area contributed by atoms with Crippen molar-refractivity contribution in [3.63, 3.8) is 0 Å². The third kappa shape index (κ3) is 4.21. The van der Waals surface area contributed by atoms with E-state index in [0.29, 0.717) is 18.0 Å². The number of Topliss-reactive ketones (excluding diaryl/α,β-unsaturated/α-hetero) is 1. The number of fused-ring (bicyclic) bond motifs is 4. The van der Waals surface area contributed by atoms with Crippen molar-refractivity contribution >= 4 is 33.9 Å². The van der Waals surface area contributed by atoms with Crippen LogP contribution in [0.1, 0.15) is 29.8 Å². The molecule has 2 bridgehead atoms. The fourth-order valence-corrected chi connectivity index (χ4v) is 5.34. The molecule has 6 nitrogen and oxygen atoms in total. The minimum absolute atomic E-state index is 0.212. The van der Waals surface area contributed by atoms with Crippen LogP contribution in [0.25, 0.3) is 21.2 Å². The number of aromatic nitrogens is 2. The van der Waals surface area contributed by atoms with Gasteiger partial charge in [-0.05, 0) is 67.0 Å². The molecule has 0 aliphatic carbocycles. The summed E-state index contributed by atoms with van der Waals surface area (Å²) in [4.78, 5) is 28.0. The SMILES string of the molecule is O=C(C[C@H]1CN2CCC1CC2)c1nsc2cc(-c3cccnc3)ccc12.O=CO. The van der Waals surface area contributed by atoms with Crippen LogP contribution in [0.3, 0.4) is 0 Å². The van der Waals surface area contributed by atoms with E-state index in [1.807, 2.05) is 18.3 Å². The Kier molecular flexibility index (Phi) is 5.97. The van der Waals surface area contributed by atoms with Crippen LogP contribution in [0.15, 0.2) is 42.7 Å². The van der Waals surface area contributed by atoms with Crippen LogP contribution in [0.2, 0.25) is 0 Å². The molecule has 0 radical (unpaired) electrons. The van der Waals surface area contributed by atoms with E-state index in [9.17, 15) is 4.79 Å². The Morgan fingerprint density at radius 3 is 2.69 bits per heavy atom. The summed E-state index contributed by atoms with van der Waals surface area (Å²) in [5, 5.41) is 7.88. The maximum absolute atomic E-state index is 12.9. The molecule has 2 aromatic heterocycles. The van der Waals surface area contributed by atoms with E-state index < -0.39 is 0 Å². The average Bonchev–Trinajstić information content (AvgIpc) is 3.19. The number of carbonyl (C=O) groups is 2. The Morgan fingerprint density at radius 1 is 1.24 bits per heavy atom. The van der Waals surface area contributed by atoms with Crippen molar-refractivity contribution < 1.29 is 14.7 Å². The Hall–Kier alpha value is -2.64. The van der Waals surface area contributed by atoms with Crippen molar-refractivity contribution in [3.8, 4) is 11.1 Å². The van der Waals surface area contributed by atoms with Crippen LogP contribution in [0.5, 0.6) is 0 Å². The highest BCUT2D eigenvalue weighted by Crippen LogP contribution is 2.36. The van der Waals surface area contributed by atoms with Gasteiger partial charge in [-0.1, -0.05) is 18.2 Å². The first-order chi connectivity index (χ1) is 14.2. The van der Waals surface area contributed by atoms with Gasteiger partial charge in [-0.15, -0.1) is 0 Å². The van der Waals surface area contributed by atoms with Crippen LogP contribution in [0, 0.1) is 11.8 Å². The number of rotatable bonds is 4. The van der Waals surface area contributed by atoms with E-state index in [1.54, 1.807) is 6.20 Å². The third-order valence-electron chi connectivity index (χ3n) is 5.97. The molecule has 3 aliphatic rings. The van der Waals surface area contributed by atoms with Gasteiger partial charge < -0.3 is 10.0 Å². The lowest BCUT2D eigenvalue weighted by Gasteiger charge is -2.44. The number of carbonyl (C=O) groups excluding carboxylic acids is 1. The molecule has 3 aliphatic heterocycles. The second-order valence-electron chi connectivity index (χ2n) is 7.61. The lowest BCUT2D eigenvalue weighted by molar-refractivity contribution is -0.122. The molecule has 3 saturated heterocycles. The summed E-state index contributed by atoms with van der Waals surface area (Å²) in [6.07, 6.45) is 6.79. The highest BCUT2D eigenvalue weighted by atomic mass is 32.1. The fourth-order valence-electron chi connectivity index (χ4n) is 4.51. The Morgan fingerprint density at radius 2 is 2.03 bits per heavy atom. The zero-order valence-corrected chi connectivity index (χ0v) is 16.8. The highest BCUT2D eigenvalue weighted by Gasteiger charge is 2.35. The molecule has 29 heavy (non-hydrogen) atoms. The lowest BCUT2D eigenvalue weighted by atomic mass is 9.76. The van der Waals surface area contributed by atoms with E-state index in [-0.39, 0.29) is 12.3 Å². The molecule has 0 amide bonds. The number of hydrogen-bond acceptors (Lipinski definition) is 6. The van der Waals surface area contributed by atoms with Gasteiger partial charge in [0.2, 0.25) is 0 Å². The van der Waals surface area contributed by atoms with Gasteiger partial charge in [0.1, 0.15) is 5.69 Å². The molecule has 0 unspecified atom stereocenters. The van der Waals surface area contributed by atoms with Crippen LogP contribution in [-0.2, 0) is 4.79 Å². The Labute approximate surface area is 173 Å². The first-order valence-corrected chi connectivity index (χ1v) is 10.6. The summed E-state index contributed by atoms with van der Waals surface area (Å²) in [5.41, 5.74) is 2.87. The molecular formula is C22H23N3O3S. The fraction of sp³-hybridized carbons (Fsp3) is 0.364. The van der Waals surface area contributed by atoms with Crippen molar-refractivity contribution in [2.75, 3.05) is 19.6 Å². The van der Waals surface area contributed by atoms with Gasteiger partial charge in [0.05, 0.1) is 4.70 Å². The van der Waals surface area contributed by atoms with Gasteiger partial charge in [0, 0.05) is 36.3 Å². The summed E-state index contributed by atoms with van der Waals surface area (Å²) < 4.78 is 5.59. The number of piperidine rings is 3. The molecule has 0 saturated carbocycles. The molecule has 1 aromatic carbocycles. The van der Waals surface area contributed by atoms with Gasteiger partial charge >= 0.3 is 0 Å². The molecule has 1 N–H and O–H groups in total. The number of carboxylic acid groups (broad SMARTS) is 1. The largest absolute Gasteiger partial charge is 0.483 e. The predicted octanol–water partition coefficient (Wildman–Crippen LogP) is 3.97. The van der Waals surface area contributed by atoms with E-state index in [4.69, 9.17) is 9.90 Å². The molecule has 6 rings (SSSR count). The minimum Gasteiger partial charge on any atom is -0.483 e. The van der Waals surface area contributed by atoms with Crippen LogP contribution < -0.4 is 0 Å². The normalized spacial score (nSPS) is 22.7. The number of pyridine rings is 1.